The van der Waals surface area contributed by atoms with Crippen molar-refractivity contribution >= 4 is 17.3 Å². The number of hydrogen-bond donors (Lipinski definition) is 3. The first-order chi connectivity index (χ1) is 9.06. The van der Waals surface area contributed by atoms with Gasteiger partial charge in [0.1, 0.15) is 0 Å². The van der Waals surface area contributed by atoms with Crippen molar-refractivity contribution in [3.05, 3.63) is 23.8 Å². The molecule has 0 saturated heterocycles. The molecule has 1 aliphatic carbocycles. The van der Waals surface area contributed by atoms with Gasteiger partial charge in [-0.2, -0.15) is 0 Å². The van der Waals surface area contributed by atoms with E-state index >= 15 is 0 Å². The molecular formula is C15H23N3O. The largest absolute Gasteiger partial charge is 0.397 e. The molecule has 4 heteroatoms. The van der Waals surface area contributed by atoms with Crippen LogP contribution < -0.4 is 16.8 Å². The van der Waals surface area contributed by atoms with E-state index in [9.17, 15) is 4.79 Å². The third-order valence-electron chi connectivity index (χ3n) is 3.95. The molecule has 2 unspecified atom stereocenters. The minimum atomic E-state index is -0.419. The number of benzene rings is 1. The second kappa shape index (κ2) is 5.95. The maximum absolute atomic E-state index is 11.2. The van der Waals surface area contributed by atoms with Gasteiger partial charge in [0.15, 0.2) is 0 Å². The highest BCUT2D eigenvalue weighted by molar-refractivity contribution is 5.94. The van der Waals surface area contributed by atoms with Crippen molar-refractivity contribution in [3.8, 4) is 0 Å². The average molecular weight is 261 g/mol. The average Bonchev–Trinajstić information content (AvgIpc) is 2.57. The third kappa shape index (κ3) is 3.63. The van der Waals surface area contributed by atoms with Crippen LogP contribution in [0.1, 0.15) is 49.4 Å². The lowest BCUT2D eigenvalue weighted by atomic mass is 10.0. The number of nitrogens with two attached hydrogens (primary N) is 2. The molecule has 2 atom stereocenters. The number of primary amides is 1. The molecule has 0 aromatic heterocycles. The van der Waals surface area contributed by atoms with E-state index in [1.807, 2.05) is 0 Å². The molecule has 19 heavy (non-hydrogen) atoms. The predicted molar refractivity (Wildman–Crippen MR) is 79.0 cm³/mol. The highest BCUT2D eigenvalue weighted by Crippen LogP contribution is 2.27. The molecule has 5 N–H and O–H groups in total. The zero-order chi connectivity index (χ0) is 13.8. The molecule has 1 aliphatic rings. The normalized spacial score (nSPS) is 23.6. The van der Waals surface area contributed by atoms with E-state index in [1.54, 1.807) is 18.2 Å². The summed E-state index contributed by atoms with van der Waals surface area (Å²) in [5.74, 6) is 0.388. The molecule has 0 heterocycles. The first-order valence-corrected chi connectivity index (χ1v) is 7.02. The van der Waals surface area contributed by atoms with Gasteiger partial charge in [0.25, 0.3) is 0 Å². The van der Waals surface area contributed by atoms with Crippen LogP contribution in [0.25, 0.3) is 0 Å². The minimum absolute atomic E-state index is 0.419. The van der Waals surface area contributed by atoms with Gasteiger partial charge in [-0.3, -0.25) is 4.79 Å². The Hall–Kier alpha value is -1.71. The zero-order valence-electron chi connectivity index (χ0n) is 11.5. The van der Waals surface area contributed by atoms with E-state index in [-0.39, 0.29) is 0 Å². The molecule has 0 aliphatic heterocycles. The topological polar surface area (TPSA) is 81.1 Å². The van der Waals surface area contributed by atoms with Gasteiger partial charge in [-0.15, -0.1) is 0 Å². The van der Waals surface area contributed by atoms with Gasteiger partial charge in [-0.05, 0) is 43.4 Å². The summed E-state index contributed by atoms with van der Waals surface area (Å²) in [6.07, 6.45) is 6.10. The van der Waals surface area contributed by atoms with Gasteiger partial charge >= 0.3 is 0 Å². The first-order valence-electron chi connectivity index (χ1n) is 7.02. The molecule has 4 nitrogen and oxygen atoms in total. The standard InChI is InChI=1S/C15H23N3O/c1-10-3-2-4-12(7-5-10)18-14-9-11(15(17)19)6-8-13(14)16/h6,8-10,12,18H,2-5,7,16H2,1H3,(H2,17,19). The number of amides is 1. The Kier molecular flexibility index (Phi) is 4.30. The Labute approximate surface area is 114 Å². The van der Waals surface area contributed by atoms with Crippen molar-refractivity contribution in [1.82, 2.24) is 0 Å². The Morgan fingerprint density at radius 2 is 2.05 bits per heavy atom. The van der Waals surface area contributed by atoms with Crippen LogP contribution in [0.3, 0.4) is 0 Å². The summed E-state index contributed by atoms with van der Waals surface area (Å²) < 4.78 is 0. The van der Waals surface area contributed by atoms with Crippen LogP contribution in [0.5, 0.6) is 0 Å². The number of nitrogen functional groups attached to an aromatic ring is 1. The molecule has 0 spiro atoms. The predicted octanol–water partition coefficient (Wildman–Crippen LogP) is 2.75. The van der Waals surface area contributed by atoms with Crippen molar-refractivity contribution in [2.24, 2.45) is 11.7 Å². The molecule has 1 amide bonds. The second-order valence-electron chi connectivity index (χ2n) is 5.62. The van der Waals surface area contributed by atoms with Crippen molar-refractivity contribution < 1.29 is 4.79 Å². The Morgan fingerprint density at radius 1 is 1.26 bits per heavy atom. The molecular weight excluding hydrogens is 238 g/mol. The Bertz CT molecular complexity index is 459. The fraction of sp³-hybridized carbons (Fsp3) is 0.533. The molecule has 1 saturated carbocycles. The third-order valence-corrected chi connectivity index (χ3v) is 3.95. The maximum Gasteiger partial charge on any atom is 0.248 e. The van der Waals surface area contributed by atoms with Crippen LogP contribution >= 0.6 is 0 Å². The molecule has 2 rings (SSSR count). The smallest absolute Gasteiger partial charge is 0.248 e. The van der Waals surface area contributed by atoms with Crippen LogP contribution in [-0.4, -0.2) is 11.9 Å². The summed E-state index contributed by atoms with van der Waals surface area (Å²) in [5.41, 5.74) is 13.3. The summed E-state index contributed by atoms with van der Waals surface area (Å²) in [4.78, 5) is 11.2. The summed E-state index contributed by atoms with van der Waals surface area (Å²) in [6.45, 7) is 2.31. The fourth-order valence-electron chi connectivity index (χ4n) is 2.69. The number of carbonyl (C=O) groups excluding carboxylic acids is 1. The summed E-state index contributed by atoms with van der Waals surface area (Å²) in [7, 11) is 0. The lowest BCUT2D eigenvalue weighted by Crippen LogP contribution is -2.20. The van der Waals surface area contributed by atoms with Gasteiger partial charge in [0.2, 0.25) is 5.91 Å². The SMILES string of the molecule is CC1CCCC(Nc2cc(C(N)=O)ccc2N)CC1. The fourth-order valence-corrected chi connectivity index (χ4v) is 2.69. The van der Waals surface area contributed by atoms with E-state index < -0.39 is 5.91 Å². The van der Waals surface area contributed by atoms with Crippen molar-refractivity contribution in [2.45, 2.75) is 45.1 Å². The molecule has 0 bridgehead atoms. The molecule has 1 aromatic rings. The van der Waals surface area contributed by atoms with Gasteiger partial charge < -0.3 is 16.8 Å². The molecule has 104 valence electrons. The quantitative estimate of drug-likeness (QED) is 0.578. The van der Waals surface area contributed by atoms with Crippen LogP contribution in [0.4, 0.5) is 11.4 Å². The van der Waals surface area contributed by atoms with Gasteiger partial charge in [-0.25, -0.2) is 0 Å². The maximum atomic E-state index is 11.2. The minimum Gasteiger partial charge on any atom is -0.397 e. The summed E-state index contributed by atoms with van der Waals surface area (Å²) in [6, 6.07) is 5.60. The van der Waals surface area contributed by atoms with Crippen LogP contribution in [0.2, 0.25) is 0 Å². The number of rotatable bonds is 3. The Balaban J connectivity index is 2.09. The first kappa shape index (κ1) is 13.7. The highest BCUT2D eigenvalue weighted by atomic mass is 16.1. The van der Waals surface area contributed by atoms with Crippen molar-refractivity contribution in [1.29, 1.82) is 0 Å². The molecule has 1 fully saturated rings. The van der Waals surface area contributed by atoms with E-state index in [4.69, 9.17) is 11.5 Å². The lowest BCUT2D eigenvalue weighted by molar-refractivity contribution is 0.100. The van der Waals surface area contributed by atoms with Crippen molar-refractivity contribution in [3.63, 3.8) is 0 Å². The summed E-state index contributed by atoms with van der Waals surface area (Å²) >= 11 is 0. The van der Waals surface area contributed by atoms with Crippen LogP contribution in [0.15, 0.2) is 18.2 Å². The van der Waals surface area contributed by atoms with Crippen LogP contribution in [0, 0.1) is 5.92 Å². The van der Waals surface area contributed by atoms with Gasteiger partial charge in [0.05, 0.1) is 11.4 Å². The molecule has 1 aromatic carbocycles. The van der Waals surface area contributed by atoms with E-state index in [0.717, 1.165) is 24.4 Å². The van der Waals surface area contributed by atoms with E-state index in [0.29, 0.717) is 17.3 Å². The van der Waals surface area contributed by atoms with E-state index in [1.165, 1.54) is 19.3 Å². The number of anilines is 2. The number of carbonyl (C=O) groups is 1. The Morgan fingerprint density at radius 3 is 2.79 bits per heavy atom. The van der Waals surface area contributed by atoms with E-state index in [2.05, 4.69) is 12.2 Å². The highest BCUT2D eigenvalue weighted by Gasteiger charge is 2.17. The van der Waals surface area contributed by atoms with Gasteiger partial charge in [0, 0.05) is 11.6 Å². The monoisotopic (exact) mass is 261 g/mol. The second-order valence-corrected chi connectivity index (χ2v) is 5.62. The summed E-state index contributed by atoms with van der Waals surface area (Å²) in [5, 5.41) is 3.47. The number of nitrogens with one attached hydrogen (secondary N) is 1. The van der Waals surface area contributed by atoms with Crippen molar-refractivity contribution in [2.75, 3.05) is 11.1 Å². The van der Waals surface area contributed by atoms with Gasteiger partial charge in [-0.1, -0.05) is 19.8 Å². The van der Waals surface area contributed by atoms with Crippen LogP contribution in [-0.2, 0) is 0 Å². The molecule has 0 radical (unpaired) electrons. The number of hydrogen-bond acceptors (Lipinski definition) is 3. The zero-order valence-corrected chi connectivity index (χ0v) is 11.5. The lowest BCUT2D eigenvalue weighted by Gasteiger charge is -2.19.